The third-order valence-corrected chi connectivity index (χ3v) is 4.77. The molecule has 4 aromatic rings. The monoisotopic (exact) mass is 363 g/mol. The van der Waals surface area contributed by atoms with E-state index in [1.807, 2.05) is 51.1 Å². The Hall–Kier alpha value is -3.22. The van der Waals surface area contributed by atoms with Crippen LogP contribution in [0.3, 0.4) is 0 Å². The minimum Gasteiger partial charge on any atom is -0.443 e. The van der Waals surface area contributed by atoms with Crippen LogP contribution >= 0.6 is 0 Å². The van der Waals surface area contributed by atoms with Crippen molar-refractivity contribution in [2.75, 3.05) is 0 Å². The lowest BCUT2D eigenvalue weighted by Gasteiger charge is -2.10. The Morgan fingerprint density at radius 2 is 2.04 bits per heavy atom. The van der Waals surface area contributed by atoms with E-state index < -0.39 is 0 Å². The summed E-state index contributed by atoms with van der Waals surface area (Å²) in [5.74, 6) is 1.34. The molecule has 7 heteroatoms. The fourth-order valence-corrected chi connectivity index (χ4v) is 3.13. The molecular weight excluding hydrogens is 342 g/mol. The minimum absolute atomic E-state index is 0.0242. The second-order valence-electron chi connectivity index (χ2n) is 6.72. The van der Waals surface area contributed by atoms with Crippen LogP contribution < -0.4 is 5.32 Å². The Kier molecular flexibility index (Phi) is 4.35. The molecular formula is C20H21N5O2. The van der Waals surface area contributed by atoms with Crippen molar-refractivity contribution in [1.29, 1.82) is 0 Å². The summed E-state index contributed by atoms with van der Waals surface area (Å²) < 4.78 is 7.28. The lowest BCUT2D eigenvalue weighted by molar-refractivity contribution is -0.121. The quantitative estimate of drug-likeness (QED) is 0.588. The molecule has 0 fully saturated rings. The van der Waals surface area contributed by atoms with E-state index in [2.05, 4.69) is 20.4 Å². The van der Waals surface area contributed by atoms with Crippen molar-refractivity contribution < 1.29 is 9.21 Å². The molecule has 0 bridgehead atoms. The van der Waals surface area contributed by atoms with Gasteiger partial charge in [0.2, 0.25) is 11.6 Å². The largest absolute Gasteiger partial charge is 0.443 e. The van der Waals surface area contributed by atoms with Gasteiger partial charge in [-0.25, -0.2) is 14.5 Å². The van der Waals surface area contributed by atoms with Gasteiger partial charge < -0.3 is 9.73 Å². The van der Waals surface area contributed by atoms with Gasteiger partial charge in [-0.1, -0.05) is 30.3 Å². The van der Waals surface area contributed by atoms with Crippen LogP contribution in [0.4, 0.5) is 0 Å². The maximum Gasteiger partial charge on any atom is 0.231 e. The number of hydrogen-bond acceptors (Lipinski definition) is 5. The van der Waals surface area contributed by atoms with E-state index in [-0.39, 0.29) is 11.9 Å². The van der Waals surface area contributed by atoms with Gasteiger partial charge in [-0.15, -0.1) is 5.10 Å². The van der Waals surface area contributed by atoms with Crippen LogP contribution in [0.5, 0.6) is 0 Å². The maximum atomic E-state index is 12.3. The highest BCUT2D eigenvalue weighted by Crippen LogP contribution is 2.26. The Bertz CT molecular complexity index is 1110. The van der Waals surface area contributed by atoms with Gasteiger partial charge in [0.05, 0.1) is 11.4 Å². The summed E-state index contributed by atoms with van der Waals surface area (Å²) in [5.41, 5.74) is 3.39. The maximum absolute atomic E-state index is 12.3. The average molecular weight is 363 g/mol. The molecule has 4 rings (SSSR count). The Morgan fingerprint density at radius 3 is 2.81 bits per heavy atom. The number of nitrogens with zero attached hydrogens (tertiary/aromatic N) is 4. The van der Waals surface area contributed by atoms with Gasteiger partial charge in [0.15, 0.2) is 11.5 Å². The third kappa shape index (κ3) is 3.28. The molecule has 1 N–H and O–H groups in total. The van der Waals surface area contributed by atoms with Gasteiger partial charge in [-0.05, 0) is 32.8 Å². The summed E-state index contributed by atoms with van der Waals surface area (Å²) in [5, 5.41) is 8.30. The molecule has 3 heterocycles. The summed E-state index contributed by atoms with van der Waals surface area (Å²) in [6.07, 6.45) is 2.71. The first-order valence-corrected chi connectivity index (χ1v) is 8.97. The topological polar surface area (TPSA) is 85.3 Å². The van der Waals surface area contributed by atoms with E-state index in [0.717, 1.165) is 22.3 Å². The fourth-order valence-electron chi connectivity index (χ4n) is 3.13. The molecule has 0 saturated heterocycles. The molecule has 7 nitrogen and oxygen atoms in total. The molecule has 1 aromatic carbocycles. The van der Waals surface area contributed by atoms with Crippen molar-refractivity contribution in [3.8, 4) is 0 Å². The number of hydrogen-bond donors (Lipinski definition) is 1. The molecule has 0 aliphatic rings. The van der Waals surface area contributed by atoms with Crippen LogP contribution in [0.2, 0.25) is 0 Å². The number of benzene rings is 1. The van der Waals surface area contributed by atoms with Crippen LogP contribution in [0.15, 0.2) is 41.1 Å². The number of fused-ring (bicyclic) bond motifs is 3. The first-order valence-electron chi connectivity index (χ1n) is 8.97. The van der Waals surface area contributed by atoms with Crippen molar-refractivity contribution in [1.82, 2.24) is 24.9 Å². The van der Waals surface area contributed by atoms with Crippen LogP contribution in [0.1, 0.15) is 42.1 Å². The SMILES string of the molecule is Cc1oc2ncn3nc(C(C)NC(=O)CCc4ccccc4)nc3c2c1C. The standard InChI is InChI=1S/C20H21N5O2/c1-12-14(3)27-20-17(12)19-23-18(24-25(19)11-21-20)13(2)22-16(26)10-9-15-7-5-4-6-8-15/h4-8,11,13H,9-10H2,1-3H3,(H,22,26). The predicted molar refractivity (Wildman–Crippen MR) is 101 cm³/mol. The summed E-state index contributed by atoms with van der Waals surface area (Å²) in [6, 6.07) is 9.67. The first kappa shape index (κ1) is 17.2. The van der Waals surface area contributed by atoms with E-state index >= 15 is 0 Å². The zero-order valence-electron chi connectivity index (χ0n) is 15.6. The van der Waals surface area contributed by atoms with Crippen molar-refractivity contribution in [2.24, 2.45) is 0 Å². The molecule has 1 amide bonds. The molecule has 1 unspecified atom stereocenters. The number of nitrogens with one attached hydrogen (secondary N) is 1. The summed E-state index contributed by atoms with van der Waals surface area (Å²) >= 11 is 0. The first-order chi connectivity index (χ1) is 13.0. The average Bonchev–Trinajstić information content (AvgIpc) is 3.22. The van der Waals surface area contributed by atoms with E-state index in [1.54, 1.807) is 10.8 Å². The second-order valence-corrected chi connectivity index (χ2v) is 6.72. The highest BCUT2D eigenvalue weighted by Gasteiger charge is 2.19. The fraction of sp³-hybridized carbons (Fsp3) is 0.300. The smallest absolute Gasteiger partial charge is 0.231 e. The molecule has 1 atom stereocenters. The van der Waals surface area contributed by atoms with E-state index in [9.17, 15) is 4.79 Å². The number of carbonyl (C=O) groups excluding carboxylic acids is 1. The zero-order chi connectivity index (χ0) is 19.0. The van der Waals surface area contributed by atoms with E-state index in [0.29, 0.717) is 30.0 Å². The lowest BCUT2D eigenvalue weighted by atomic mass is 10.1. The molecule has 27 heavy (non-hydrogen) atoms. The normalized spacial score (nSPS) is 12.6. The summed E-state index contributed by atoms with van der Waals surface area (Å²) in [6.45, 7) is 5.76. The second kappa shape index (κ2) is 6.83. The highest BCUT2D eigenvalue weighted by atomic mass is 16.3. The third-order valence-electron chi connectivity index (χ3n) is 4.77. The molecule has 0 saturated carbocycles. The van der Waals surface area contributed by atoms with Gasteiger partial charge in [0, 0.05) is 12.0 Å². The summed E-state index contributed by atoms with van der Waals surface area (Å²) in [7, 11) is 0. The molecule has 0 aliphatic carbocycles. The Balaban J connectivity index is 1.51. The van der Waals surface area contributed by atoms with Crippen molar-refractivity contribution in [3.05, 3.63) is 59.4 Å². The zero-order valence-corrected chi connectivity index (χ0v) is 15.6. The van der Waals surface area contributed by atoms with Gasteiger partial charge in [-0.3, -0.25) is 4.79 Å². The number of aryl methyl sites for hydroxylation is 3. The predicted octanol–water partition coefficient (Wildman–Crippen LogP) is 3.30. The number of amides is 1. The minimum atomic E-state index is -0.295. The van der Waals surface area contributed by atoms with Crippen LogP contribution in [-0.2, 0) is 11.2 Å². The van der Waals surface area contributed by atoms with Crippen molar-refractivity contribution >= 4 is 22.7 Å². The van der Waals surface area contributed by atoms with Crippen molar-refractivity contribution in [2.45, 2.75) is 39.7 Å². The molecule has 3 aromatic heterocycles. The van der Waals surface area contributed by atoms with Gasteiger partial charge in [0.25, 0.3) is 0 Å². The lowest BCUT2D eigenvalue weighted by Crippen LogP contribution is -2.27. The number of furan rings is 1. The van der Waals surface area contributed by atoms with Crippen LogP contribution in [0, 0.1) is 13.8 Å². The van der Waals surface area contributed by atoms with Gasteiger partial charge in [0.1, 0.15) is 12.1 Å². The highest BCUT2D eigenvalue weighted by molar-refractivity contribution is 5.91. The van der Waals surface area contributed by atoms with Crippen LogP contribution in [0.25, 0.3) is 16.7 Å². The van der Waals surface area contributed by atoms with Crippen molar-refractivity contribution in [3.63, 3.8) is 0 Å². The molecule has 0 spiro atoms. The number of carbonyl (C=O) groups is 1. The van der Waals surface area contributed by atoms with Gasteiger partial charge >= 0.3 is 0 Å². The van der Waals surface area contributed by atoms with Gasteiger partial charge in [-0.2, -0.15) is 0 Å². The molecule has 0 radical (unpaired) electrons. The number of aromatic nitrogens is 4. The Labute approximate surface area is 156 Å². The van der Waals surface area contributed by atoms with E-state index in [1.165, 1.54) is 0 Å². The van der Waals surface area contributed by atoms with Crippen LogP contribution in [-0.4, -0.2) is 25.5 Å². The molecule has 0 aliphatic heterocycles. The number of rotatable bonds is 5. The van der Waals surface area contributed by atoms with E-state index in [4.69, 9.17) is 4.42 Å². The summed E-state index contributed by atoms with van der Waals surface area (Å²) in [4.78, 5) is 21.2. The Morgan fingerprint density at radius 1 is 1.26 bits per heavy atom. The molecule has 138 valence electrons.